The lowest BCUT2D eigenvalue weighted by Gasteiger charge is -2.34. The van der Waals surface area contributed by atoms with Crippen molar-refractivity contribution >= 4 is 28.3 Å². The van der Waals surface area contributed by atoms with Crippen LogP contribution in [-0.2, 0) is 4.79 Å². The Kier molecular flexibility index (Phi) is 7.12. The molecule has 0 radical (unpaired) electrons. The highest BCUT2D eigenvalue weighted by molar-refractivity contribution is 5.93. The maximum Gasteiger partial charge on any atom is 0.246 e. The second-order valence-corrected chi connectivity index (χ2v) is 8.71. The minimum atomic E-state index is -1.37. The Hall–Kier alpha value is -4.60. The minimum Gasteiger partial charge on any atom is -0.495 e. The van der Waals surface area contributed by atoms with E-state index in [2.05, 4.69) is 21.9 Å². The predicted molar refractivity (Wildman–Crippen MR) is 141 cm³/mol. The monoisotopic (exact) mass is 518 g/mol. The van der Waals surface area contributed by atoms with Crippen LogP contribution in [-0.4, -0.2) is 60.4 Å². The zero-order chi connectivity index (χ0) is 26.6. The number of aromatic nitrogens is 2. The summed E-state index contributed by atoms with van der Waals surface area (Å²) in [6.45, 7) is 3.78. The molecule has 4 aromatic rings. The lowest BCUT2D eigenvalue weighted by atomic mass is 10.1. The molecule has 0 aliphatic carbocycles. The number of nitrogens with zero attached hydrogens (tertiary/aromatic N) is 3. The minimum absolute atomic E-state index is 0.0624. The van der Waals surface area contributed by atoms with Crippen LogP contribution in [0.25, 0.3) is 22.2 Å². The molecule has 2 aromatic heterocycles. The Balaban J connectivity index is 1.47. The average molecular weight is 519 g/mol. The third kappa shape index (κ3) is 4.97. The number of methoxy groups -OCH3 is 2. The first kappa shape index (κ1) is 25.1. The van der Waals surface area contributed by atoms with Crippen molar-refractivity contribution in [1.29, 1.82) is 0 Å². The lowest BCUT2D eigenvalue weighted by Crippen LogP contribution is -2.48. The van der Waals surface area contributed by atoms with Crippen molar-refractivity contribution in [3.63, 3.8) is 0 Å². The summed E-state index contributed by atoms with van der Waals surface area (Å²) in [4.78, 5) is 22.1. The van der Waals surface area contributed by atoms with Crippen LogP contribution in [0.5, 0.6) is 17.2 Å². The van der Waals surface area contributed by atoms with Gasteiger partial charge in [-0.15, -0.1) is 0 Å². The summed E-state index contributed by atoms with van der Waals surface area (Å²) in [6, 6.07) is 12.8. The van der Waals surface area contributed by atoms with E-state index in [1.807, 2.05) is 30.3 Å². The number of nitrogens with one attached hydrogen (secondary N) is 1. The van der Waals surface area contributed by atoms with E-state index >= 15 is 0 Å². The van der Waals surface area contributed by atoms with E-state index in [1.54, 1.807) is 25.5 Å². The van der Waals surface area contributed by atoms with Crippen molar-refractivity contribution in [2.45, 2.75) is 18.7 Å². The molecule has 1 amide bonds. The molecule has 9 nitrogen and oxygen atoms in total. The van der Waals surface area contributed by atoms with E-state index in [-0.39, 0.29) is 12.5 Å². The predicted octanol–water partition coefficient (Wildman–Crippen LogP) is 5.15. The Morgan fingerprint density at radius 2 is 2.00 bits per heavy atom. The number of hydrogen-bond acceptors (Lipinski definition) is 8. The fourth-order valence-corrected chi connectivity index (χ4v) is 4.45. The number of halogens is 1. The molecular weight excluding hydrogens is 491 g/mol. The highest BCUT2D eigenvalue weighted by Gasteiger charge is 2.33. The summed E-state index contributed by atoms with van der Waals surface area (Å²) in [5.41, 5.74) is 2.14. The van der Waals surface area contributed by atoms with Crippen LogP contribution >= 0.6 is 0 Å². The van der Waals surface area contributed by atoms with Gasteiger partial charge in [0.2, 0.25) is 5.91 Å². The molecule has 0 spiro atoms. The second kappa shape index (κ2) is 10.8. The Labute approximate surface area is 218 Å². The number of carbonyl (C=O) groups excluding carboxylic acids is 1. The van der Waals surface area contributed by atoms with Gasteiger partial charge in [-0.2, -0.15) is 0 Å². The van der Waals surface area contributed by atoms with E-state index in [9.17, 15) is 9.18 Å². The van der Waals surface area contributed by atoms with Crippen molar-refractivity contribution in [3.8, 4) is 28.6 Å². The summed E-state index contributed by atoms with van der Waals surface area (Å²) in [5.74, 6) is 2.29. The SMILES string of the molecule is C=CC(=O)N1CC[C@@H](Oc2cc3c(Nc4cc(-c5ccco5)ccc4OC)ncnc3cc2OC)[C@H](F)C1. The standard InChI is InChI=1S/C28H27FN4O5/c1-4-27(34)33-10-9-23(19(29)15-33)38-26-13-18-20(14-25(26)36-3)30-16-31-28(18)32-21-12-17(7-8-24(21)35-2)22-6-5-11-37-22/h4-8,11-14,16,19,23H,1,9-10,15H2,2-3H3,(H,30,31,32)/t19-,23-/m1/s1. The average Bonchev–Trinajstić information content (AvgIpc) is 3.49. The van der Waals surface area contributed by atoms with Crippen LogP contribution < -0.4 is 19.5 Å². The zero-order valence-electron chi connectivity index (χ0n) is 21.0. The largest absolute Gasteiger partial charge is 0.495 e. The first-order valence-electron chi connectivity index (χ1n) is 12.0. The lowest BCUT2D eigenvalue weighted by molar-refractivity contribution is -0.129. The molecule has 2 atom stereocenters. The van der Waals surface area contributed by atoms with Crippen molar-refractivity contribution in [2.75, 3.05) is 32.6 Å². The van der Waals surface area contributed by atoms with E-state index in [0.29, 0.717) is 58.4 Å². The molecule has 3 heterocycles. The first-order valence-corrected chi connectivity index (χ1v) is 12.0. The van der Waals surface area contributed by atoms with Crippen LogP contribution in [0.15, 0.2) is 72.1 Å². The molecule has 1 fully saturated rings. The van der Waals surface area contributed by atoms with Gasteiger partial charge in [0.25, 0.3) is 0 Å². The van der Waals surface area contributed by atoms with Crippen molar-refractivity contribution < 1.29 is 27.8 Å². The number of likely N-dealkylation sites (tertiary alicyclic amines) is 1. The van der Waals surface area contributed by atoms with Gasteiger partial charge in [0, 0.05) is 30.0 Å². The Morgan fingerprint density at radius 1 is 1.16 bits per heavy atom. The number of ether oxygens (including phenoxy) is 3. The van der Waals surface area contributed by atoms with Gasteiger partial charge in [0.05, 0.1) is 38.2 Å². The number of fused-ring (bicyclic) bond motifs is 1. The summed E-state index contributed by atoms with van der Waals surface area (Å²) in [5, 5.41) is 3.97. The molecule has 1 saturated heterocycles. The van der Waals surface area contributed by atoms with Gasteiger partial charge in [-0.3, -0.25) is 4.79 Å². The smallest absolute Gasteiger partial charge is 0.246 e. The number of furan rings is 1. The molecule has 38 heavy (non-hydrogen) atoms. The molecule has 1 N–H and O–H groups in total. The van der Waals surface area contributed by atoms with Gasteiger partial charge in [0.15, 0.2) is 17.7 Å². The molecule has 1 aliphatic rings. The molecule has 196 valence electrons. The van der Waals surface area contributed by atoms with E-state index in [1.165, 1.54) is 24.4 Å². The van der Waals surface area contributed by atoms with Gasteiger partial charge in [-0.25, -0.2) is 14.4 Å². The topological polar surface area (TPSA) is 99.0 Å². The van der Waals surface area contributed by atoms with Gasteiger partial charge in [-0.05, 0) is 42.5 Å². The maximum atomic E-state index is 15.0. The van der Waals surface area contributed by atoms with Gasteiger partial charge in [-0.1, -0.05) is 6.58 Å². The van der Waals surface area contributed by atoms with E-state index in [0.717, 1.165) is 5.56 Å². The van der Waals surface area contributed by atoms with Crippen LogP contribution in [0, 0.1) is 0 Å². The van der Waals surface area contributed by atoms with Crippen molar-refractivity contribution in [1.82, 2.24) is 14.9 Å². The molecular formula is C28H27FN4O5. The fourth-order valence-electron chi connectivity index (χ4n) is 4.45. The maximum absolute atomic E-state index is 15.0. The van der Waals surface area contributed by atoms with Crippen LogP contribution in [0.4, 0.5) is 15.9 Å². The molecule has 5 rings (SSSR count). The van der Waals surface area contributed by atoms with Gasteiger partial charge >= 0.3 is 0 Å². The summed E-state index contributed by atoms with van der Waals surface area (Å²) in [6.07, 6.45) is 2.45. The third-order valence-electron chi connectivity index (χ3n) is 6.43. The number of benzene rings is 2. The van der Waals surface area contributed by atoms with E-state index < -0.39 is 12.3 Å². The molecule has 0 bridgehead atoms. The molecule has 2 aromatic carbocycles. The van der Waals surface area contributed by atoms with Crippen molar-refractivity contribution in [3.05, 3.63) is 67.7 Å². The van der Waals surface area contributed by atoms with Gasteiger partial charge in [0.1, 0.15) is 29.8 Å². The molecule has 0 unspecified atom stereocenters. The Morgan fingerprint density at radius 3 is 2.71 bits per heavy atom. The quantitative estimate of drug-likeness (QED) is 0.320. The number of piperidine rings is 1. The number of rotatable bonds is 8. The summed E-state index contributed by atoms with van der Waals surface area (Å²) < 4.78 is 37.7. The summed E-state index contributed by atoms with van der Waals surface area (Å²) in [7, 11) is 3.10. The number of carbonyl (C=O) groups is 1. The van der Waals surface area contributed by atoms with Crippen LogP contribution in [0.1, 0.15) is 6.42 Å². The highest BCUT2D eigenvalue weighted by Crippen LogP contribution is 2.38. The third-order valence-corrected chi connectivity index (χ3v) is 6.43. The summed E-state index contributed by atoms with van der Waals surface area (Å²) >= 11 is 0. The number of amides is 1. The zero-order valence-corrected chi connectivity index (χ0v) is 21.0. The number of alkyl halides is 1. The van der Waals surface area contributed by atoms with Crippen LogP contribution in [0.2, 0.25) is 0 Å². The molecule has 0 saturated carbocycles. The normalized spacial score (nSPS) is 17.2. The second-order valence-electron chi connectivity index (χ2n) is 8.71. The first-order chi connectivity index (χ1) is 18.5. The number of anilines is 2. The fraction of sp³-hybridized carbons (Fsp3) is 0.250. The van der Waals surface area contributed by atoms with Crippen molar-refractivity contribution in [2.24, 2.45) is 0 Å². The highest BCUT2D eigenvalue weighted by atomic mass is 19.1. The Bertz CT molecular complexity index is 1460. The van der Waals surface area contributed by atoms with Gasteiger partial charge < -0.3 is 28.8 Å². The molecule has 1 aliphatic heterocycles. The van der Waals surface area contributed by atoms with E-state index in [4.69, 9.17) is 18.6 Å². The molecule has 10 heteroatoms. The van der Waals surface area contributed by atoms with Crippen LogP contribution in [0.3, 0.4) is 0 Å². The number of hydrogen-bond donors (Lipinski definition) is 1.